The van der Waals surface area contributed by atoms with Gasteiger partial charge < -0.3 is 5.11 Å². The van der Waals surface area contributed by atoms with E-state index >= 15 is 0 Å². The number of aliphatic hydroxyl groups excluding tert-OH is 1. The predicted molar refractivity (Wildman–Crippen MR) is 54.5 cm³/mol. The van der Waals surface area contributed by atoms with Crippen molar-refractivity contribution in [3.8, 4) is 0 Å². The van der Waals surface area contributed by atoms with Gasteiger partial charge in [0.1, 0.15) is 0 Å². The highest BCUT2D eigenvalue weighted by atomic mass is 79.9. The van der Waals surface area contributed by atoms with Crippen LogP contribution in [-0.4, -0.2) is 11.7 Å². The normalized spacial score (nSPS) is 19.5. The molecule has 0 saturated heterocycles. The minimum absolute atomic E-state index is 0.251. The molecule has 0 aliphatic heterocycles. The van der Waals surface area contributed by atoms with Gasteiger partial charge in [-0.15, -0.1) is 11.3 Å². The summed E-state index contributed by atoms with van der Waals surface area (Å²) in [6.07, 6.45) is 3.43. The SMILES string of the molecule is OCC1(Cc2csc(Br)c2)CC1. The molecule has 1 aliphatic carbocycles. The first kappa shape index (κ1) is 8.73. The molecule has 2 rings (SSSR count). The molecule has 1 aromatic rings. The number of hydrogen-bond acceptors (Lipinski definition) is 2. The monoisotopic (exact) mass is 246 g/mol. The molecule has 0 bridgehead atoms. The summed E-state index contributed by atoms with van der Waals surface area (Å²) in [4.78, 5) is 0. The van der Waals surface area contributed by atoms with Crippen molar-refractivity contribution in [3.05, 3.63) is 20.8 Å². The van der Waals surface area contributed by atoms with Crippen LogP contribution in [0.15, 0.2) is 15.2 Å². The van der Waals surface area contributed by atoms with Crippen molar-refractivity contribution >= 4 is 27.3 Å². The molecular formula is C9H11BrOS. The lowest BCUT2D eigenvalue weighted by Crippen LogP contribution is -2.09. The molecule has 0 aromatic carbocycles. The van der Waals surface area contributed by atoms with Crippen molar-refractivity contribution in [2.75, 3.05) is 6.61 Å². The molecule has 66 valence electrons. The molecule has 1 nitrogen and oxygen atoms in total. The number of thiophene rings is 1. The van der Waals surface area contributed by atoms with E-state index in [4.69, 9.17) is 5.11 Å². The summed E-state index contributed by atoms with van der Waals surface area (Å²) < 4.78 is 1.19. The fourth-order valence-corrected chi connectivity index (χ4v) is 2.65. The second-order valence-corrected chi connectivity index (χ2v) is 5.88. The third kappa shape index (κ3) is 1.73. The van der Waals surface area contributed by atoms with Gasteiger partial charge in [0.2, 0.25) is 0 Å². The van der Waals surface area contributed by atoms with E-state index in [0.717, 1.165) is 6.42 Å². The number of rotatable bonds is 3. The van der Waals surface area contributed by atoms with Crippen molar-refractivity contribution in [1.82, 2.24) is 0 Å². The molecular weight excluding hydrogens is 236 g/mol. The fraction of sp³-hybridized carbons (Fsp3) is 0.556. The van der Waals surface area contributed by atoms with E-state index in [-0.39, 0.29) is 5.41 Å². The van der Waals surface area contributed by atoms with Gasteiger partial charge in [-0.2, -0.15) is 0 Å². The number of halogens is 1. The molecule has 1 saturated carbocycles. The van der Waals surface area contributed by atoms with Crippen LogP contribution in [0.2, 0.25) is 0 Å². The Balaban J connectivity index is 2.04. The van der Waals surface area contributed by atoms with Gasteiger partial charge in [0.05, 0.1) is 3.79 Å². The van der Waals surface area contributed by atoms with Crippen molar-refractivity contribution in [1.29, 1.82) is 0 Å². The van der Waals surface area contributed by atoms with Crippen LogP contribution in [0.5, 0.6) is 0 Å². The average Bonchev–Trinajstić information content (AvgIpc) is 2.71. The molecule has 1 heterocycles. The molecule has 0 spiro atoms. The van der Waals surface area contributed by atoms with Gasteiger partial charge in [0, 0.05) is 6.61 Å². The first-order valence-electron chi connectivity index (χ1n) is 4.08. The molecule has 0 unspecified atom stereocenters. The van der Waals surface area contributed by atoms with E-state index in [1.807, 2.05) is 0 Å². The topological polar surface area (TPSA) is 20.2 Å². The van der Waals surface area contributed by atoms with Crippen LogP contribution in [0, 0.1) is 5.41 Å². The lowest BCUT2D eigenvalue weighted by molar-refractivity contribution is 0.211. The summed E-state index contributed by atoms with van der Waals surface area (Å²) >= 11 is 5.16. The first-order valence-corrected chi connectivity index (χ1v) is 5.75. The van der Waals surface area contributed by atoms with E-state index in [1.165, 1.54) is 22.2 Å². The molecule has 1 aromatic heterocycles. The highest BCUT2D eigenvalue weighted by Gasteiger charge is 2.41. The van der Waals surface area contributed by atoms with Crippen LogP contribution in [-0.2, 0) is 6.42 Å². The lowest BCUT2D eigenvalue weighted by atomic mass is 10.00. The summed E-state index contributed by atoms with van der Waals surface area (Å²) in [6.45, 7) is 0.348. The second-order valence-electron chi connectivity index (χ2n) is 3.59. The van der Waals surface area contributed by atoms with Gasteiger partial charge in [-0.1, -0.05) is 0 Å². The van der Waals surface area contributed by atoms with Gasteiger partial charge in [-0.3, -0.25) is 0 Å². The molecule has 0 radical (unpaired) electrons. The highest BCUT2D eigenvalue weighted by Crippen LogP contribution is 2.48. The van der Waals surface area contributed by atoms with Crippen molar-refractivity contribution in [2.45, 2.75) is 19.3 Å². The zero-order valence-corrected chi connectivity index (χ0v) is 9.12. The second kappa shape index (κ2) is 3.13. The van der Waals surface area contributed by atoms with Crippen LogP contribution in [0.3, 0.4) is 0 Å². The first-order chi connectivity index (χ1) is 5.74. The standard InChI is InChI=1S/C9H11BrOS/c10-8-3-7(5-12-8)4-9(6-11)1-2-9/h3,5,11H,1-2,4,6H2. The molecule has 3 heteroatoms. The van der Waals surface area contributed by atoms with Gasteiger partial charge in [0.25, 0.3) is 0 Å². The lowest BCUT2D eigenvalue weighted by Gasteiger charge is -2.08. The van der Waals surface area contributed by atoms with Gasteiger partial charge >= 0.3 is 0 Å². The maximum atomic E-state index is 9.12. The van der Waals surface area contributed by atoms with Crippen LogP contribution in [0.1, 0.15) is 18.4 Å². The average molecular weight is 247 g/mol. The fourth-order valence-electron chi connectivity index (χ4n) is 1.44. The minimum Gasteiger partial charge on any atom is -0.396 e. The summed E-state index contributed by atoms with van der Waals surface area (Å²) in [5.74, 6) is 0. The van der Waals surface area contributed by atoms with Crippen LogP contribution in [0.25, 0.3) is 0 Å². The largest absolute Gasteiger partial charge is 0.396 e. The Morgan fingerprint density at radius 3 is 2.75 bits per heavy atom. The minimum atomic E-state index is 0.251. The van der Waals surface area contributed by atoms with E-state index in [1.54, 1.807) is 11.3 Å². The van der Waals surface area contributed by atoms with Crippen molar-refractivity contribution in [2.24, 2.45) is 5.41 Å². The highest BCUT2D eigenvalue weighted by molar-refractivity contribution is 9.11. The predicted octanol–water partition coefficient (Wildman–Crippen LogP) is 2.83. The number of hydrogen-bond donors (Lipinski definition) is 1. The zero-order valence-electron chi connectivity index (χ0n) is 6.72. The Labute approximate surface area is 84.6 Å². The van der Waals surface area contributed by atoms with Crippen molar-refractivity contribution < 1.29 is 5.11 Å². The maximum Gasteiger partial charge on any atom is 0.0701 e. The molecule has 1 fully saturated rings. The van der Waals surface area contributed by atoms with Crippen molar-refractivity contribution in [3.63, 3.8) is 0 Å². The smallest absolute Gasteiger partial charge is 0.0701 e. The Hall–Kier alpha value is 0.140. The summed E-state index contributed by atoms with van der Waals surface area (Å²) in [6, 6.07) is 2.15. The molecule has 0 amide bonds. The summed E-state index contributed by atoms with van der Waals surface area (Å²) in [5.41, 5.74) is 1.61. The van der Waals surface area contributed by atoms with E-state index in [2.05, 4.69) is 27.4 Å². The van der Waals surface area contributed by atoms with Gasteiger partial charge in [-0.05, 0) is 57.6 Å². The Morgan fingerprint density at radius 1 is 1.58 bits per heavy atom. The zero-order chi connectivity index (χ0) is 8.60. The Kier molecular flexibility index (Phi) is 2.27. The molecule has 1 aliphatic rings. The van der Waals surface area contributed by atoms with Crippen LogP contribution in [0.4, 0.5) is 0 Å². The van der Waals surface area contributed by atoms with E-state index in [0.29, 0.717) is 6.61 Å². The Morgan fingerprint density at radius 2 is 2.33 bits per heavy atom. The number of aliphatic hydroxyl groups is 1. The third-order valence-electron chi connectivity index (χ3n) is 2.49. The van der Waals surface area contributed by atoms with E-state index < -0.39 is 0 Å². The van der Waals surface area contributed by atoms with Gasteiger partial charge in [0.15, 0.2) is 0 Å². The Bertz CT molecular complexity index is 278. The van der Waals surface area contributed by atoms with Gasteiger partial charge in [-0.25, -0.2) is 0 Å². The molecule has 0 atom stereocenters. The third-order valence-corrected chi connectivity index (χ3v) is 4.05. The quantitative estimate of drug-likeness (QED) is 0.870. The summed E-state index contributed by atoms with van der Waals surface area (Å²) in [7, 11) is 0. The molecule has 1 N–H and O–H groups in total. The van der Waals surface area contributed by atoms with Crippen LogP contribution < -0.4 is 0 Å². The summed E-state index contributed by atoms with van der Waals surface area (Å²) in [5, 5.41) is 11.3. The van der Waals surface area contributed by atoms with Crippen LogP contribution >= 0.6 is 27.3 Å². The van der Waals surface area contributed by atoms with E-state index in [9.17, 15) is 0 Å². The maximum absolute atomic E-state index is 9.12. The molecule has 12 heavy (non-hydrogen) atoms.